The molecule has 1 aliphatic rings. The van der Waals surface area contributed by atoms with E-state index in [0.717, 1.165) is 25.3 Å². The SMILES string of the molecule is CC(C)COc1ccc(CCNC(=O)C2COCCN2)cc1. The number of carbonyl (C=O) groups is 1. The largest absolute Gasteiger partial charge is 0.493 e. The first kappa shape index (κ1) is 16.8. The molecule has 0 spiro atoms. The van der Waals surface area contributed by atoms with Crippen molar-refractivity contribution in [3.05, 3.63) is 29.8 Å². The number of benzene rings is 1. The van der Waals surface area contributed by atoms with E-state index < -0.39 is 0 Å². The maximum Gasteiger partial charge on any atom is 0.239 e. The molecule has 0 radical (unpaired) electrons. The van der Waals surface area contributed by atoms with Crippen LogP contribution in [0.4, 0.5) is 0 Å². The molecule has 1 fully saturated rings. The highest BCUT2D eigenvalue weighted by Gasteiger charge is 2.20. The molecule has 1 saturated heterocycles. The van der Waals surface area contributed by atoms with Crippen molar-refractivity contribution in [1.82, 2.24) is 10.6 Å². The van der Waals surface area contributed by atoms with E-state index in [9.17, 15) is 4.79 Å². The average Bonchev–Trinajstić information content (AvgIpc) is 2.55. The summed E-state index contributed by atoms with van der Waals surface area (Å²) >= 11 is 0. The summed E-state index contributed by atoms with van der Waals surface area (Å²) in [6.45, 7) is 7.47. The van der Waals surface area contributed by atoms with Crippen LogP contribution in [0.25, 0.3) is 0 Å². The lowest BCUT2D eigenvalue weighted by Gasteiger charge is -2.22. The number of hydrogen-bond acceptors (Lipinski definition) is 4. The lowest BCUT2D eigenvalue weighted by Crippen LogP contribution is -2.51. The van der Waals surface area contributed by atoms with Gasteiger partial charge in [0.15, 0.2) is 0 Å². The zero-order valence-corrected chi connectivity index (χ0v) is 13.4. The first-order valence-electron chi connectivity index (χ1n) is 7.95. The second kappa shape index (κ2) is 8.76. The predicted molar refractivity (Wildman–Crippen MR) is 86.1 cm³/mol. The molecule has 1 atom stereocenters. The van der Waals surface area contributed by atoms with Gasteiger partial charge in [0.2, 0.25) is 5.91 Å². The van der Waals surface area contributed by atoms with Crippen LogP contribution in [-0.2, 0) is 16.0 Å². The minimum absolute atomic E-state index is 0.0107. The molecular formula is C17H26N2O3. The normalized spacial score (nSPS) is 18.2. The van der Waals surface area contributed by atoms with Gasteiger partial charge in [-0.3, -0.25) is 4.79 Å². The van der Waals surface area contributed by atoms with Crippen LogP contribution < -0.4 is 15.4 Å². The molecule has 1 unspecified atom stereocenters. The second-order valence-corrected chi connectivity index (χ2v) is 5.97. The van der Waals surface area contributed by atoms with Crippen molar-refractivity contribution in [2.24, 2.45) is 5.92 Å². The molecule has 0 aromatic heterocycles. The fraction of sp³-hybridized carbons (Fsp3) is 0.588. The number of carbonyl (C=O) groups excluding carboxylic acids is 1. The zero-order chi connectivity index (χ0) is 15.8. The fourth-order valence-electron chi connectivity index (χ4n) is 2.20. The average molecular weight is 306 g/mol. The van der Waals surface area contributed by atoms with E-state index in [4.69, 9.17) is 9.47 Å². The summed E-state index contributed by atoms with van der Waals surface area (Å²) in [4.78, 5) is 11.9. The van der Waals surface area contributed by atoms with Crippen LogP contribution in [0.15, 0.2) is 24.3 Å². The molecule has 2 rings (SSSR count). The zero-order valence-electron chi connectivity index (χ0n) is 13.4. The monoisotopic (exact) mass is 306 g/mol. The molecule has 5 heteroatoms. The van der Waals surface area contributed by atoms with Gasteiger partial charge in [-0.05, 0) is 30.0 Å². The smallest absolute Gasteiger partial charge is 0.239 e. The summed E-state index contributed by atoms with van der Waals surface area (Å²) in [6.07, 6.45) is 0.809. The van der Waals surface area contributed by atoms with E-state index in [1.807, 2.05) is 24.3 Å². The van der Waals surface area contributed by atoms with E-state index >= 15 is 0 Å². The van der Waals surface area contributed by atoms with Gasteiger partial charge in [0.05, 0.1) is 19.8 Å². The van der Waals surface area contributed by atoms with Crippen LogP contribution in [0.1, 0.15) is 19.4 Å². The first-order valence-corrected chi connectivity index (χ1v) is 7.95. The van der Waals surface area contributed by atoms with Crippen LogP contribution in [0.3, 0.4) is 0 Å². The van der Waals surface area contributed by atoms with Gasteiger partial charge in [-0.2, -0.15) is 0 Å². The molecule has 1 aromatic carbocycles. The molecule has 0 saturated carbocycles. The fourth-order valence-corrected chi connectivity index (χ4v) is 2.20. The maximum absolute atomic E-state index is 11.9. The summed E-state index contributed by atoms with van der Waals surface area (Å²) in [5, 5.41) is 6.09. The molecule has 0 bridgehead atoms. The lowest BCUT2D eigenvalue weighted by molar-refractivity contribution is -0.125. The highest BCUT2D eigenvalue weighted by Crippen LogP contribution is 2.13. The molecule has 0 aliphatic carbocycles. The van der Waals surface area contributed by atoms with E-state index in [-0.39, 0.29) is 11.9 Å². The Hall–Kier alpha value is -1.59. The topological polar surface area (TPSA) is 59.6 Å². The highest BCUT2D eigenvalue weighted by molar-refractivity contribution is 5.81. The van der Waals surface area contributed by atoms with Gasteiger partial charge >= 0.3 is 0 Å². The van der Waals surface area contributed by atoms with Gasteiger partial charge in [0.1, 0.15) is 11.8 Å². The number of nitrogens with one attached hydrogen (secondary N) is 2. The Bertz CT molecular complexity index is 453. The summed E-state index contributed by atoms with van der Waals surface area (Å²) in [7, 11) is 0. The van der Waals surface area contributed by atoms with Crippen LogP contribution in [0.5, 0.6) is 5.75 Å². The standard InChI is InChI=1S/C17H26N2O3/c1-13(2)11-22-15-5-3-14(4-6-15)7-8-19-17(20)16-12-21-10-9-18-16/h3-6,13,16,18H,7-12H2,1-2H3,(H,19,20). The number of amides is 1. The molecule has 1 heterocycles. The van der Waals surface area contributed by atoms with Crippen LogP contribution in [0, 0.1) is 5.92 Å². The third-order valence-electron chi connectivity index (χ3n) is 3.46. The quantitative estimate of drug-likeness (QED) is 0.799. The van der Waals surface area contributed by atoms with Gasteiger partial charge in [-0.15, -0.1) is 0 Å². The van der Waals surface area contributed by atoms with Crippen molar-refractivity contribution in [3.8, 4) is 5.75 Å². The minimum Gasteiger partial charge on any atom is -0.493 e. The van der Waals surface area contributed by atoms with E-state index in [2.05, 4.69) is 24.5 Å². The van der Waals surface area contributed by atoms with Crippen molar-refractivity contribution in [1.29, 1.82) is 0 Å². The van der Waals surface area contributed by atoms with Crippen LogP contribution in [0.2, 0.25) is 0 Å². The minimum atomic E-state index is -0.222. The number of morpholine rings is 1. The van der Waals surface area contributed by atoms with Gasteiger partial charge in [0, 0.05) is 13.1 Å². The van der Waals surface area contributed by atoms with E-state index in [1.165, 1.54) is 5.56 Å². The molecule has 122 valence electrons. The third-order valence-corrected chi connectivity index (χ3v) is 3.46. The molecule has 22 heavy (non-hydrogen) atoms. The van der Waals surface area contributed by atoms with Crippen molar-refractivity contribution < 1.29 is 14.3 Å². The maximum atomic E-state index is 11.9. The van der Waals surface area contributed by atoms with Gasteiger partial charge in [-0.25, -0.2) is 0 Å². The van der Waals surface area contributed by atoms with Crippen molar-refractivity contribution in [2.75, 3.05) is 32.9 Å². The number of ether oxygens (including phenoxy) is 2. The Kier molecular flexibility index (Phi) is 6.68. The van der Waals surface area contributed by atoms with Crippen LogP contribution >= 0.6 is 0 Å². The van der Waals surface area contributed by atoms with Crippen molar-refractivity contribution in [2.45, 2.75) is 26.3 Å². The Labute approximate surface area is 132 Å². The van der Waals surface area contributed by atoms with Gasteiger partial charge < -0.3 is 20.1 Å². The summed E-state index contributed by atoms with van der Waals surface area (Å²) in [5.41, 5.74) is 1.19. The third kappa shape index (κ3) is 5.66. The first-order chi connectivity index (χ1) is 10.6. The van der Waals surface area contributed by atoms with E-state index in [0.29, 0.717) is 25.7 Å². The summed E-state index contributed by atoms with van der Waals surface area (Å²) in [6, 6.07) is 7.83. The summed E-state index contributed by atoms with van der Waals surface area (Å²) < 4.78 is 10.9. The Morgan fingerprint density at radius 2 is 2.18 bits per heavy atom. The second-order valence-electron chi connectivity index (χ2n) is 5.97. The highest BCUT2D eigenvalue weighted by atomic mass is 16.5. The molecular weight excluding hydrogens is 280 g/mol. The lowest BCUT2D eigenvalue weighted by atomic mass is 10.1. The number of hydrogen-bond donors (Lipinski definition) is 2. The van der Waals surface area contributed by atoms with Gasteiger partial charge in [0.25, 0.3) is 0 Å². The molecule has 1 aliphatic heterocycles. The predicted octanol–water partition coefficient (Wildman–Crippen LogP) is 1.37. The Morgan fingerprint density at radius 3 is 2.82 bits per heavy atom. The van der Waals surface area contributed by atoms with Crippen molar-refractivity contribution >= 4 is 5.91 Å². The molecule has 1 aromatic rings. The Morgan fingerprint density at radius 1 is 1.41 bits per heavy atom. The summed E-state index contributed by atoms with van der Waals surface area (Å²) in [5.74, 6) is 1.42. The van der Waals surface area contributed by atoms with E-state index in [1.54, 1.807) is 0 Å². The number of rotatable bonds is 7. The van der Waals surface area contributed by atoms with Crippen molar-refractivity contribution in [3.63, 3.8) is 0 Å². The molecule has 5 nitrogen and oxygen atoms in total. The van der Waals surface area contributed by atoms with Gasteiger partial charge in [-0.1, -0.05) is 26.0 Å². The molecule has 1 amide bonds. The Balaban J connectivity index is 1.69. The molecule has 2 N–H and O–H groups in total. The van der Waals surface area contributed by atoms with Crippen LogP contribution in [-0.4, -0.2) is 44.9 Å².